The molecule has 1 aliphatic heterocycles. The Bertz CT molecular complexity index is 577. The maximum atomic E-state index is 5.37. The van der Waals surface area contributed by atoms with Crippen LogP contribution < -0.4 is 0 Å². The fourth-order valence-electron chi connectivity index (χ4n) is 2.80. The van der Waals surface area contributed by atoms with E-state index in [0.717, 1.165) is 50.9 Å². The molecule has 6 heteroatoms. The summed E-state index contributed by atoms with van der Waals surface area (Å²) < 4.78 is 5.37. The highest BCUT2D eigenvalue weighted by molar-refractivity contribution is 5.08. The van der Waals surface area contributed by atoms with Gasteiger partial charge < -0.3 is 4.52 Å². The largest absolute Gasteiger partial charge is 0.338 e. The van der Waals surface area contributed by atoms with E-state index in [2.05, 4.69) is 37.9 Å². The minimum atomic E-state index is 0.188. The Kier molecular flexibility index (Phi) is 4.80. The molecule has 1 fully saturated rings. The van der Waals surface area contributed by atoms with E-state index in [9.17, 15) is 0 Å². The minimum absolute atomic E-state index is 0.188. The molecule has 6 nitrogen and oxygen atoms in total. The Morgan fingerprint density at radius 3 is 2.73 bits per heavy atom. The van der Waals surface area contributed by atoms with Crippen LogP contribution in [0.25, 0.3) is 0 Å². The second-order valence-electron chi connectivity index (χ2n) is 5.75. The normalized spacial score (nSPS) is 18.5. The van der Waals surface area contributed by atoms with E-state index in [1.165, 1.54) is 5.56 Å². The van der Waals surface area contributed by atoms with Crippen LogP contribution in [-0.4, -0.2) is 51.1 Å². The first-order valence-corrected chi connectivity index (χ1v) is 7.94. The van der Waals surface area contributed by atoms with Crippen molar-refractivity contribution in [3.8, 4) is 0 Å². The molecule has 22 heavy (non-hydrogen) atoms. The fraction of sp³-hybridized carbons (Fsp3) is 0.562. The van der Waals surface area contributed by atoms with E-state index in [0.29, 0.717) is 0 Å². The van der Waals surface area contributed by atoms with E-state index in [-0.39, 0.29) is 6.04 Å². The van der Waals surface area contributed by atoms with Gasteiger partial charge in [0.05, 0.1) is 6.04 Å². The molecular formula is C16H23N5O. The molecule has 0 saturated carbocycles. The lowest BCUT2D eigenvalue weighted by molar-refractivity contribution is 0.0845. The lowest BCUT2D eigenvalue weighted by atomic mass is 10.2. The Morgan fingerprint density at radius 1 is 1.27 bits per heavy atom. The topological polar surface area (TPSA) is 58.3 Å². The van der Waals surface area contributed by atoms with E-state index in [1.54, 1.807) is 0 Å². The van der Waals surface area contributed by atoms with Gasteiger partial charge in [-0.05, 0) is 18.6 Å². The molecule has 0 amide bonds. The molecule has 0 spiro atoms. The molecule has 0 aliphatic carbocycles. The second-order valence-corrected chi connectivity index (χ2v) is 5.75. The summed E-state index contributed by atoms with van der Waals surface area (Å²) in [7, 11) is 0. The molecule has 0 radical (unpaired) electrons. The first-order chi connectivity index (χ1) is 10.8. The average Bonchev–Trinajstić information content (AvgIpc) is 3.05. The van der Waals surface area contributed by atoms with E-state index < -0.39 is 0 Å². The Labute approximate surface area is 131 Å². The zero-order chi connectivity index (χ0) is 15.4. The van der Waals surface area contributed by atoms with Gasteiger partial charge in [0.1, 0.15) is 0 Å². The van der Waals surface area contributed by atoms with Crippen molar-refractivity contribution in [2.24, 2.45) is 0 Å². The molecule has 118 valence electrons. The summed E-state index contributed by atoms with van der Waals surface area (Å²) >= 11 is 0. The van der Waals surface area contributed by atoms with E-state index >= 15 is 0 Å². The van der Waals surface area contributed by atoms with E-state index in [4.69, 9.17) is 4.52 Å². The molecule has 3 rings (SSSR count). The summed E-state index contributed by atoms with van der Waals surface area (Å²) in [5.74, 6) is 1.52. The third-order valence-corrected chi connectivity index (χ3v) is 4.24. The van der Waals surface area contributed by atoms with Crippen LogP contribution in [-0.2, 0) is 13.0 Å². The van der Waals surface area contributed by atoms with Crippen molar-refractivity contribution in [2.45, 2.75) is 32.9 Å². The highest BCUT2D eigenvalue weighted by Crippen LogP contribution is 2.20. The third kappa shape index (κ3) is 3.51. The highest BCUT2D eigenvalue weighted by atomic mass is 16.5. The van der Waals surface area contributed by atoms with Gasteiger partial charge >= 0.3 is 0 Å². The number of hydrogen-bond acceptors (Lipinski definition) is 6. The summed E-state index contributed by atoms with van der Waals surface area (Å²) in [6.07, 6.45) is 4.58. The van der Waals surface area contributed by atoms with Crippen LogP contribution >= 0.6 is 0 Å². The quantitative estimate of drug-likeness (QED) is 0.841. The van der Waals surface area contributed by atoms with Gasteiger partial charge in [0.25, 0.3) is 0 Å². The highest BCUT2D eigenvalue weighted by Gasteiger charge is 2.25. The third-order valence-electron chi connectivity index (χ3n) is 4.24. The standard InChI is InChI=1S/C16H23N5O/c1-3-15-18-16(22-19-15)13(2)21-9-7-20(8-10-21)12-14-5-4-6-17-11-14/h4-6,11,13H,3,7-10,12H2,1-2H3/t13-/m0/s1. The Morgan fingerprint density at radius 2 is 2.09 bits per heavy atom. The lowest BCUT2D eigenvalue weighted by Crippen LogP contribution is -2.46. The number of pyridine rings is 1. The van der Waals surface area contributed by atoms with Gasteiger partial charge in [-0.25, -0.2) is 0 Å². The smallest absolute Gasteiger partial charge is 0.243 e. The second kappa shape index (κ2) is 6.98. The molecule has 0 N–H and O–H groups in total. The lowest BCUT2D eigenvalue weighted by Gasteiger charge is -2.36. The predicted octanol–water partition coefficient (Wildman–Crippen LogP) is 1.91. The molecule has 1 saturated heterocycles. The molecule has 2 aromatic heterocycles. The van der Waals surface area contributed by atoms with Crippen LogP contribution in [0.2, 0.25) is 0 Å². The van der Waals surface area contributed by atoms with Crippen LogP contribution in [0.3, 0.4) is 0 Å². The first kappa shape index (κ1) is 15.1. The van der Waals surface area contributed by atoms with Crippen molar-refractivity contribution in [1.29, 1.82) is 0 Å². The van der Waals surface area contributed by atoms with Crippen molar-refractivity contribution < 1.29 is 4.52 Å². The maximum Gasteiger partial charge on any atom is 0.243 e. The fourth-order valence-corrected chi connectivity index (χ4v) is 2.80. The van der Waals surface area contributed by atoms with Crippen molar-refractivity contribution >= 4 is 0 Å². The van der Waals surface area contributed by atoms with Gasteiger partial charge in [0, 0.05) is 51.5 Å². The Balaban J connectivity index is 1.52. The summed E-state index contributed by atoms with van der Waals surface area (Å²) in [5, 5.41) is 3.99. The summed E-state index contributed by atoms with van der Waals surface area (Å²) in [4.78, 5) is 13.5. The molecular weight excluding hydrogens is 278 g/mol. The number of aryl methyl sites for hydroxylation is 1. The van der Waals surface area contributed by atoms with Gasteiger partial charge in [-0.15, -0.1) is 0 Å². The van der Waals surface area contributed by atoms with Crippen molar-refractivity contribution in [3.63, 3.8) is 0 Å². The van der Waals surface area contributed by atoms with Crippen molar-refractivity contribution in [2.75, 3.05) is 26.2 Å². The number of nitrogens with zero attached hydrogens (tertiary/aromatic N) is 5. The molecule has 0 bridgehead atoms. The summed E-state index contributed by atoms with van der Waals surface area (Å²) in [6, 6.07) is 4.31. The van der Waals surface area contributed by atoms with Gasteiger partial charge in [0.2, 0.25) is 5.89 Å². The zero-order valence-electron chi connectivity index (χ0n) is 13.3. The van der Waals surface area contributed by atoms with Crippen LogP contribution in [0.1, 0.15) is 37.2 Å². The molecule has 0 aromatic carbocycles. The van der Waals surface area contributed by atoms with E-state index in [1.807, 2.05) is 25.4 Å². The first-order valence-electron chi connectivity index (χ1n) is 7.94. The maximum absolute atomic E-state index is 5.37. The number of rotatable bonds is 5. The molecule has 1 atom stereocenters. The number of piperazine rings is 1. The summed E-state index contributed by atoms with van der Waals surface area (Å²) in [6.45, 7) is 9.29. The summed E-state index contributed by atoms with van der Waals surface area (Å²) in [5.41, 5.74) is 1.27. The minimum Gasteiger partial charge on any atom is -0.338 e. The van der Waals surface area contributed by atoms with Crippen molar-refractivity contribution in [3.05, 3.63) is 41.8 Å². The zero-order valence-corrected chi connectivity index (χ0v) is 13.3. The molecule has 3 heterocycles. The molecule has 2 aromatic rings. The monoisotopic (exact) mass is 301 g/mol. The van der Waals surface area contributed by atoms with Gasteiger partial charge in [-0.2, -0.15) is 4.98 Å². The Hall–Kier alpha value is -1.79. The van der Waals surface area contributed by atoms with Crippen molar-refractivity contribution in [1.82, 2.24) is 24.9 Å². The van der Waals surface area contributed by atoms with Gasteiger partial charge in [-0.1, -0.05) is 18.1 Å². The van der Waals surface area contributed by atoms with Gasteiger partial charge in [-0.3, -0.25) is 14.8 Å². The number of aromatic nitrogens is 3. The van der Waals surface area contributed by atoms with Crippen LogP contribution in [0.15, 0.2) is 29.0 Å². The molecule has 1 aliphatic rings. The number of hydrogen-bond donors (Lipinski definition) is 0. The average molecular weight is 301 g/mol. The van der Waals surface area contributed by atoms with Crippen LogP contribution in [0.5, 0.6) is 0 Å². The SMILES string of the molecule is CCc1noc([C@H](C)N2CCN(Cc3cccnc3)CC2)n1. The van der Waals surface area contributed by atoms with Crippen LogP contribution in [0, 0.1) is 0 Å². The van der Waals surface area contributed by atoms with Gasteiger partial charge in [0.15, 0.2) is 5.82 Å². The predicted molar refractivity (Wildman–Crippen MR) is 83.2 cm³/mol. The molecule has 0 unspecified atom stereocenters. The van der Waals surface area contributed by atoms with Crippen LogP contribution in [0.4, 0.5) is 0 Å².